The van der Waals surface area contributed by atoms with E-state index in [0.29, 0.717) is 24.2 Å². The van der Waals surface area contributed by atoms with E-state index in [1.807, 2.05) is 6.07 Å². The van der Waals surface area contributed by atoms with Gasteiger partial charge >= 0.3 is 0 Å². The first-order valence-corrected chi connectivity index (χ1v) is 12.1. The second kappa shape index (κ2) is 10.1. The molecule has 3 aliphatic rings. The number of amides is 4. The summed E-state index contributed by atoms with van der Waals surface area (Å²) in [6.07, 6.45) is 0.258. The number of benzene rings is 2. The summed E-state index contributed by atoms with van der Waals surface area (Å²) >= 11 is 0. The van der Waals surface area contributed by atoms with E-state index in [1.165, 1.54) is 11.1 Å². The Morgan fingerprint density at radius 3 is 2.23 bits per heavy atom. The number of nitrogens with one attached hydrogen (secondary N) is 3. The largest absolute Gasteiger partial charge is 0.314 e. The van der Waals surface area contributed by atoms with Crippen LogP contribution in [0.2, 0.25) is 0 Å². The fourth-order valence-electron chi connectivity index (χ4n) is 4.87. The lowest BCUT2D eigenvalue weighted by molar-refractivity contribution is -0.136. The highest BCUT2D eigenvalue weighted by Crippen LogP contribution is 2.28. The van der Waals surface area contributed by atoms with Crippen LogP contribution in [0.4, 0.5) is 0 Å². The molecule has 2 fully saturated rings. The molecule has 0 radical (unpaired) electrons. The molecule has 3 N–H and O–H groups in total. The third-order valence-corrected chi connectivity index (χ3v) is 6.80. The van der Waals surface area contributed by atoms with Crippen LogP contribution in [0, 0.1) is 0 Å². The zero-order valence-electron chi connectivity index (χ0n) is 19.5. The summed E-state index contributed by atoms with van der Waals surface area (Å²) < 4.78 is 0. The zero-order valence-corrected chi connectivity index (χ0v) is 19.5. The van der Waals surface area contributed by atoms with Crippen molar-refractivity contribution in [1.29, 1.82) is 0 Å². The quantitative estimate of drug-likeness (QED) is 0.508. The molecular formula is C26H29N5O4. The number of imide groups is 2. The van der Waals surface area contributed by atoms with Gasteiger partial charge in [-0.05, 0) is 35.2 Å². The number of fused-ring (bicyclic) bond motifs is 1. The molecule has 2 saturated heterocycles. The maximum atomic E-state index is 13.0. The van der Waals surface area contributed by atoms with Gasteiger partial charge in [0.05, 0.1) is 11.1 Å². The first kappa shape index (κ1) is 23.3. The molecule has 9 heteroatoms. The number of piperidine rings is 1. The Morgan fingerprint density at radius 1 is 0.829 bits per heavy atom. The van der Waals surface area contributed by atoms with Crippen molar-refractivity contribution in [2.24, 2.45) is 0 Å². The molecule has 0 saturated carbocycles. The van der Waals surface area contributed by atoms with Crippen LogP contribution in [0.15, 0.2) is 42.5 Å². The summed E-state index contributed by atoms with van der Waals surface area (Å²) in [5, 5.41) is 8.98. The van der Waals surface area contributed by atoms with Gasteiger partial charge in [-0.15, -0.1) is 0 Å². The Morgan fingerprint density at radius 2 is 1.49 bits per heavy atom. The molecule has 0 spiro atoms. The van der Waals surface area contributed by atoms with Gasteiger partial charge in [-0.3, -0.25) is 34.3 Å². The minimum absolute atomic E-state index is 0.107. The van der Waals surface area contributed by atoms with Gasteiger partial charge in [0.15, 0.2) is 0 Å². The number of hydrogen-bond acceptors (Lipinski definition) is 7. The highest BCUT2D eigenvalue weighted by Gasteiger charge is 2.44. The molecule has 0 aromatic heterocycles. The molecule has 0 aliphatic carbocycles. The smallest absolute Gasteiger partial charge is 0.262 e. The predicted molar refractivity (Wildman–Crippen MR) is 128 cm³/mol. The van der Waals surface area contributed by atoms with E-state index in [-0.39, 0.29) is 18.7 Å². The lowest BCUT2D eigenvalue weighted by Gasteiger charge is -2.27. The van der Waals surface area contributed by atoms with Crippen molar-refractivity contribution in [2.75, 3.05) is 26.2 Å². The Hall–Kier alpha value is -3.40. The number of hydrogen-bond donors (Lipinski definition) is 3. The van der Waals surface area contributed by atoms with Crippen LogP contribution in [0.5, 0.6) is 0 Å². The Balaban J connectivity index is 1.17. The zero-order chi connectivity index (χ0) is 24.4. The van der Waals surface area contributed by atoms with Crippen LogP contribution in [0.1, 0.15) is 50.2 Å². The molecule has 5 rings (SSSR count). The van der Waals surface area contributed by atoms with Crippen molar-refractivity contribution in [1.82, 2.24) is 25.8 Å². The van der Waals surface area contributed by atoms with Crippen LogP contribution in [-0.4, -0.2) is 65.6 Å². The highest BCUT2D eigenvalue weighted by molar-refractivity contribution is 6.23. The first-order valence-electron chi connectivity index (χ1n) is 12.1. The second-order valence-electron chi connectivity index (χ2n) is 9.27. The SMILES string of the molecule is O=C1CCC(N2C(=O)c3ccc(CNCc4ccc(CN5CCNCC5)cc4)cc3C2=O)C(=O)N1. The van der Waals surface area contributed by atoms with Gasteiger partial charge in [-0.25, -0.2) is 0 Å². The third kappa shape index (κ3) is 5.02. The number of carbonyl (C=O) groups excluding carboxylic acids is 4. The van der Waals surface area contributed by atoms with Crippen molar-refractivity contribution < 1.29 is 19.2 Å². The summed E-state index contributed by atoms with van der Waals surface area (Å²) in [5.74, 6) is -1.96. The van der Waals surface area contributed by atoms with Crippen LogP contribution in [0.3, 0.4) is 0 Å². The molecule has 9 nitrogen and oxygen atoms in total. The summed E-state index contributed by atoms with van der Waals surface area (Å²) in [5.41, 5.74) is 3.95. The van der Waals surface area contributed by atoms with E-state index in [0.717, 1.165) is 43.2 Å². The minimum Gasteiger partial charge on any atom is -0.314 e. The molecule has 35 heavy (non-hydrogen) atoms. The maximum Gasteiger partial charge on any atom is 0.262 e. The molecule has 4 amide bonds. The number of nitrogens with zero attached hydrogens (tertiary/aromatic N) is 2. The van der Waals surface area contributed by atoms with Crippen molar-refractivity contribution in [2.45, 2.75) is 38.5 Å². The molecule has 2 aromatic rings. The summed E-state index contributed by atoms with van der Waals surface area (Å²) in [6.45, 7) is 6.41. The van der Waals surface area contributed by atoms with Crippen molar-refractivity contribution in [3.63, 3.8) is 0 Å². The molecule has 2 aromatic carbocycles. The average Bonchev–Trinajstić information content (AvgIpc) is 3.10. The number of piperazine rings is 1. The summed E-state index contributed by atoms with van der Waals surface area (Å²) in [6, 6.07) is 12.8. The van der Waals surface area contributed by atoms with E-state index in [9.17, 15) is 19.2 Å². The first-order chi connectivity index (χ1) is 17.0. The van der Waals surface area contributed by atoms with E-state index in [4.69, 9.17) is 0 Å². The van der Waals surface area contributed by atoms with Gasteiger partial charge in [0, 0.05) is 52.2 Å². The van der Waals surface area contributed by atoms with Gasteiger partial charge in [-0.1, -0.05) is 30.3 Å². The van der Waals surface area contributed by atoms with Gasteiger partial charge in [0.2, 0.25) is 11.8 Å². The van der Waals surface area contributed by atoms with Crippen molar-refractivity contribution in [3.05, 3.63) is 70.3 Å². The number of rotatable bonds is 7. The maximum absolute atomic E-state index is 13.0. The van der Waals surface area contributed by atoms with Crippen molar-refractivity contribution >= 4 is 23.6 Å². The predicted octanol–water partition coefficient (Wildman–Crippen LogP) is 0.783. The Labute approximate surface area is 203 Å². The number of carbonyl (C=O) groups is 4. The Bertz CT molecular complexity index is 1160. The van der Waals surface area contributed by atoms with Crippen molar-refractivity contribution in [3.8, 4) is 0 Å². The van der Waals surface area contributed by atoms with Gasteiger partial charge in [0.1, 0.15) is 6.04 Å². The monoisotopic (exact) mass is 475 g/mol. The standard InChI is InChI=1S/C26H29N5O4/c32-23-8-7-22(24(33)29-23)31-25(34)20-6-5-19(13-21(20)26(31)35)15-28-14-17-1-3-18(4-2-17)16-30-11-9-27-10-12-30/h1-6,13,22,27-28H,7-12,14-16H2,(H,29,32,33). The fraction of sp³-hybridized carbons (Fsp3) is 0.385. The van der Waals surface area contributed by atoms with Crippen LogP contribution >= 0.6 is 0 Å². The molecule has 1 atom stereocenters. The highest BCUT2D eigenvalue weighted by atomic mass is 16.2. The van der Waals surface area contributed by atoms with E-state index >= 15 is 0 Å². The summed E-state index contributed by atoms with van der Waals surface area (Å²) in [4.78, 5) is 52.9. The minimum atomic E-state index is -0.948. The summed E-state index contributed by atoms with van der Waals surface area (Å²) in [7, 11) is 0. The molecular weight excluding hydrogens is 446 g/mol. The molecule has 1 unspecified atom stereocenters. The van der Waals surface area contributed by atoms with Crippen LogP contribution < -0.4 is 16.0 Å². The van der Waals surface area contributed by atoms with Gasteiger partial charge in [-0.2, -0.15) is 0 Å². The normalized spacial score (nSPS) is 20.8. The van der Waals surface area contributed by atoms with Gasteiger partial charge < -0.3 is 10.6 Å². The topological polar surface area (TPSA) is 111 Å². The lowest BCUT2D eigenvalue weighted by atomic mass is 10.0. The van der Waals surface area contributed by atoms with E-state index in [2.05, 4.69) is 45.1 Å². The molecule has 3 heterocycles. The molecule has 0 bridgehead atoms. The van der Waals surface area contributed by atoms with E-state index < -0.39 is 23.8 Å². The molecule has 182 valence electrons. The lowest BCUT2D eigenvalue weighted by Crippen LogP contribution is -2.54. The van der Waals surface area contributed by atoms with Gasteiger partial charge in [0.25, 0.3) is 11.8 Å². The fourth-order valence-corrected chi connectivity index (χ4v) is 4.87. The van der Waals surface area contributed by atoms with Crippen LogP contribution in [-0.2, 0) is 29.2 Å². The third-order valence-electron chi connectivity index (χ3n) is 6.80. The Kier molecular flexibility index (Phi) is 6.72. The second-order valence-corrected chi connectivity index (χ2v) is 9.27. The molecule has 3 aliphatic heterocycles. The van der Waals surface area contributed by atoms with Crippen LogP contribution in [0.25, 0.3) is 0 Å². The van der Waals surface area contributed by atoms with E-state index in [1.54, 1.807) is 12.1 Å². The average molecular weight is 476 g/mol.